The van der Waals surface area contributed by atoms with E-state index in [1.807, 2.05) is 49.9 Å². The Morgan fingerprint density at radius 3 is 2.52 bits per heavy atom. The van der Waals surface area contributed by atoms with E-state index in [1.165, 1.54) is 0 Å². The van der Waals surface area contributed by atoms with Crippen LogP contribution in [0.4, 0.5) is 0 Å². The van der Waals surface area contributed by atoms with E-state index < -0.39 is 0 Å². The van der Waals surface area contributed by atoms with Crippen molar-refractivity contribution in [1.29, 1.82) is 0 Å². The molecular formula is C18H26N2O3. The van der Waals surface area contributed by atoms with E-state index in [9.17, 15) is 9.59 Å². The predicted molar refractivity (Wildman–Crippen MR) is 89.1 cm³/mol. The standard InChI is InChI=1S/C18H26N2O3/c1-4-19-18(22)15-11-12-16(21)20(5-2)17(15)13-7-9-14(10-8-13)23-6-3/h7-10,15,17H,4-6,11-12H2,1-3H3,(H,19,22)/t15-,17+/m1/s1. The maximum absolute atomic E-state index is 12.4. The Hall–Kier alpha value is -2.04. The quantitative estimate of drug-likeness (QED) is 0.877. The van der Waals surface area contributed by atoms with Gasteiger partial charge in [0.1, 0.15) is 5.75 Å². The molecule has 0 bridgehead atoms. The van der Waals surface area contributed by atoms with Gasteiger partial charge in [-0.1, -0.05) is 12.1 Å². The molecule has 1 saturated heterocycles. The second-order valence-electron chi connectivity index (χ2n) is 5.67. The fourth-order valence-corrected chi connectivity index (χ4v) is 3.25. The molecule has 1 aliphatic heterocycles. The van der Waals surface area contributed by atoms with Crippen LogP contribution >= 0.6 is 0 Å². The summed E-state index contributed by atoms with van der Waals surface area (Å²) < 4.78 is 5.48. The van der Waals surface area contributed by atoms with Gasteiger partial charge < -0.3 is 15.0 Å². The Morgan fingerprint density at radius 1 is 1.26 bits per heavy atom. The molecular weight excluding hydrogens is 292 g/mol. The van der Waals surface area contributed by atoms with E-state index in [0.717, 1.165) is 11.3 Å². The van der Waals surface area contributed by atoms with Crippen LogP contribution in [0.5, 0.6) is 5.75 Å². The first-order valence-corrected chi connectivity index (χ1v) is 8.42. The summed E-state index contributed by atoms with van der Waals surface area (Å²) in [6.07, 6.45) is 1.03. The van der Waals surface area contributed by atoms with Crippen molar-refractivity contribution in [3.63, 3.8) is 0 Å². The van der Waals surface area contributed by atoms with E-state index in [0.29, 0.717) is 32.5 Å². The largest absolute Gasteiger partial charge is 0.494 e. The number of piperidine rings is 1. The average Bonchev–Trinajstić information content (AvgIpc) is 2.55. The minimum Gasteiger partial charge on any atom is -0.494 e. The number of hydrogen-bond donors (Lipinski definition) is 1. The summed E-state index contributed by atoms with van der Waals surface area (Å²) in [5.41, 5.74) is 0.986. The summed E-state index contributed by atoms with van der Waals surface area (Å²) in [6, 6.07) is 7.52. The fourth-order valence-electron chi connectivity index (χ4n) is 3.25. The molecule has 23 heavy (non-hydrogen) atoms. The lowest BCUT2D eigenvalue weighted by Crippen LogP contribution is -2.47. The molecule has 1 aromatic rings. The molecule has 1 N–H and O–H groups in total. The van der Waals surface area contributed by atoms with Gasteiger partial charge in [0.25, 0.3) is 0 Å². The SMILES string of the molecule is CCNC(=O)[C@@H]1CCC(=O)N(CC)[C@H]1c1ccc(OCC)cc1. The van der Waals surface area contributed by atoms with E-state index >= 15 is 0 Å². The summed E-state index contributed by atoms with van der Waals surface area (Å²) in [5, 5.41) is 2.90. The Labute approximate surface area is 138 Å². The van der Waals surface area contributed by atoms with Crippen LogP contribution in [-0.4, -0.2) is 36.4 Å². The van der Waals surface area contributed by atoms with Crippen molar-refractivity contribution >= 4 is 11.8 Å². The number of amides is 2. The monoisotopic (exact) mass is 318 g/mol. The Kier molecular flexibility index (Phi) is 6.02. The highest BCUT2D eigenvalue weighted by Crippen LogP contribution is 2.37. The van der Waals surface area contributed by atoms with Gasteiger partial charge in [0.15, 0.2) is 0 Å². The van der Waals surface area contributed by atoms with Gasteiger partial charge in [-0.3, -0.25) is 9.59 Å². The first-order chi connectivity index (χ1) is 11.1. The highest BCUT2D eigenvalue weighted by Gasteiger charge is 2.39. The van der Waals surface area contributed by atoms with Crippen LogP contribution in [0.1, 0.15) is 45.2 Å². The first-order valence-electron chi connectivity index (χ1n) is 8.42. The van der Waals surface area contributed by atoms with Crippen LogP contribution in [0.3, 0.4) is 0 Å². The maximum atomic E-state index is 12.4. The molecule has 2 amide bonds. The van der Waals surface area contributed by atoms with Crippen LogP contribution in [0.2, 0.25) is 0 Å². The van der Waals surface area contributed by atoms with E-state index in [4.69, 9.17) is 4.74 Å². The van der Waals surface area contributed by atoms with Crippen molar-refractivity contribution in [3.05, 3.63) is 29.8 Å². The highest BCUT2D eigenvalue weighted by atomic mass is 16.5. The number of likely N-dealkylation sites (tertiary alicyclic amines) is 1. The second-order valence-corrected chi connectivity index (χ2v) is 5.67. The van der Waals surface area contributed by atoms with Gasteiger partial charge in [-0.2, -0.15) is 0 Å². The molecule has 126 valence electrons. The predicted octanol–water partition coefficient (Wildman–Crippen LogP) is 2.52. The van der Waals surface area contributed by atoms with Gasteiger partial charge >= 0.3 is 0 Å². The molecule has 5 heteroatoms. The molecule has 5 nitrogen and oxygen atoms in total. The van der Waals surface area contributed by atoms with Crippen LogP contribution < -0.4 is 10.1 Å². The van der Waals surface area contributed by atoms with Crippen molar-refractivity contribution < 1.29 is 14.3 Å². The van der Waals surface area contributed by atoms with E-state index in [1.54, 1.807) is 0 Å². The van der Waals surface area contributed by atoms with E-state index in [2.05, 4.69) is 5.32 Å². The number of rotatable bonds is 6. The third kappa shape index (κ3) is 3.84. The summed E-state index contributed by atoms with van der Waals surface area (Å²) >= 11 is 0. The Bertz CT molecular complexity index is 542. The normalized spacial score (nSPS) is 21.2. The summed E-state index contributed by atoms with van der Waals surface area (Å²) in [4.78, 5) is 26.5. The Balaban J connectivity index is 2.32. The number of hydrogen-bond acceptors (Lipinski definition) is 3. The summed E-state index contributed by atoms with van der Waals surface area (Å²) in [7, 11) is 0. The molecule has 0 saturated carbocycles. The topological polar surface area (TPSA) is 58.6 Å². The molecule has 2 rings (SSSR count). The lowest BCUT2D eigenvalue weighted by molar-refractivity contribution is -0.143. The van der Waals surface area contributed by atoms with Crippen LogP contribution in [0.25, 0.3) is 0 Å². The number of nitrogens with zero attached hydrogens (tertiary/aromatic N) is 1. The van der Waals surface area contributed by atoms with Crippen LogP contribution in [0.15, 0.2) is 24.3 Å². The zero-order chi connectivity index (χ0) is 16.8. The molecule has 2 atom stereocenters. The molecule has 0 aliphatic carbocycles. The third-order valence-corrected chi connectivity index (χ3v) is 4.27. The lowest BCUT2D eigenvalue weighted by Gasteiger charge is -2.40. The molecule has 0 spiro atoms. The van der Waals surface area contributed by atoms with Crippen molar-refractivity contribution in [3.8, 4) is 5.75 Å². The van der Waals surface area contributed by atoms with Crippen molar-refractivity contribution in [1.82, 2.24) is 10.2 Å². The number of ether oxygens (including phenoxy) is 1. The number of carbonyl (C=O) groups is 2. The van der Waals surface area contributed by atoms with Gasteiger partial charge in [0.05, 0.1) is 18.6 Å². The lowest BCUT2D eigenvalue weighted by atomic mass is 9.83. The molecule has 0 unspecified atom stereocenters. The second kappa shape index (κ2) is 7.99. The number of carbonyl (C=O) groups excluding carboxylic acids is 2. The Morgan fingerprint density at radius 2 is 1.96 bits per heavy atom. The van der Waals surface area contributed by atoms with Gasteiger partial charge in [-0.15, -0.1) is 0 Å². The number of nitrogens with one attached hydrogen (secondary N) is 1. The molecule has 1 aliphatic rings. The highest BCUT2D eigenvalue weighted by molar-refractivity contribution is 5.85. The smallest absolute Gasteiger partial charge is 0.225 e. The summed E-state index contributed by atoms with van der Waals surface area (Å²) in [5.74, 6) is 0.741. The van der Waals surface area contributed by atoms with Crippen molar-refractivity contribution in [2.75, 3.05) is 19.7 Å². The summed E-state index contributed by atoms with van der Waals surface area (Å²) in [6.45, 7) is 7.63. The zero-order valence-electron chi connectivity index (χ0n) is 14.2. The van der Waals surface area contributed by atoms with Gasteiger partial charge in [0.2, 0.25) is 11.8 Å². The van der Waals surface area contributed by atoms with Gasteiger partial charge in [-0.25, -0.2) is 0 Å². The van der Waals surface area contributed by atoms with Gasteiger partial charge in [0, 0.05) is 19.5 Å². The van der Waals surface area contributed by atoms with Crippen molar-refractivity contribution in [2.24, 2.45) is 5.92 Å². The minimum absolute atomic E-state index is 0.0253. The van der Waals surface area contributed by atoms with Crippen molar-refractivity contribution in [2.45, 2.75) is 39.7 Å². The third-order valence-electron chi connectivity index (χ3n) is 4.27. The molecule has 1 heterocycles. The van der Waals surface area contributed by atoms with Crippen LogP contribution in [-0.2, 0) is 9.59 Å². The zero-order valence-corrected chi connectivity index (χ0v) is 14.2. The van der Waals surface area contributed by atoms with E-state index in [-0.39, 0.29) is 23.8 Å². The maximum Gasteiger partial charge on any atom is 0.225 e. The first kappa shape index (κ1) is 17.3. The van der Waals surface area contributed by atoms with Gasteiger partial charge in [-0.05, 0) is 44.9 Å². The average molecular weight is 318 g/mol. The minimum atomic E-state index is -0.205. The molecule has 1 aromatic carbocycles. The number of benzene rings is 1. The molecule has 0 aromatic heterocycles. The molecule has 0 radical (unpaired) electrons. The molecule has 1 fully saturated rings. The fraction of sp³-hybridized carbons (Fsp3) is 0.556. The van der Waals surface area contributed by atoms with Crippen LogP contribution in [0, 0.1) is 5.92 Å².